The van der Waals surface area contributed by atoms with Gasteiger partial charge in [0.2, 0.25) is 0 Å². The summed E-state index contributed by atoms with van der Waals surface area (Å²) in [5.74, 6) is -1.16. The van der Waals surface area contributed by atoms with Gasteiger partial charge in [-0.3, -0.25) is 9.59 Å². The number of nitrogens with zero attached hydrogens (tertiary/aromatic N) is 1. The molecule has 0 aromatic rings. The van der Waals surface area contributed by atoms with Crippen LogP contribution in [0.15, 0.2) is 16.8 Å². The summed E-state index contributed by atoms with van der Waals surface area (Å²) >= 11 is 0. The Labute approximate surface area is 206 Å². The van der Waals surface area contributed by atoms with Crippen molar-refractivity contribution in [2.24, 2.45) is 33.7 Å². The molecule has 9 heteroatoms. The molecule has 35 heavy (non-hydrogen) atoms. The molecule has 4 rings (SSSR count). The molecule has 0 aromatic carbocycles. The number of aliphatic carboxylic acids is 2. The number of carboxylic acids is 2. The van der Waals surface area contributed by atoms with Crippen molar-refractivity contribution in [3.05, 3.63) is 11.6 Å². The van der Waals surface area contributed by atoms with Crippen LogP contribution in [-0.4, -0.2) is 57.6 Å². The molecule has 4 aliphatic rings. The van der Waals surface area contributed by atoms with E-state index in [1.807, 2.05) is 0 Å². The quantitative estimate of drug-likeness (QED) is 0.382. The predicted molar refractivity (Wildman–Crippen MR) is 128 cm³/mol. The Hall–Kier alpha value is -2.42. The van der Waals surface area contributed by atoms with Gasteiger partial charge in [0.1, 0.15) is 6.04 Å². The van der Waals surface area contributed by atoms with Crippen LogP contribution < -0.4 is 5.32 Å². The molecule has 0 bridgehead atoms. The Kier molecular flexibility index (Phi) is 7.27. The van der Waals surface area contributed by atoms with Crippen LogP contribution in [0.2, 0.25) is 0 Å². The lowest BCUT2D eigenvalue weighted by Gasteiger charge is -2.57. The Morgan fingerprint density at radius 3 is 2.60 bits per heavy atom. The first-order chi connectivity index (χ1) is 16.5. The molecule has 7 atom stereocenters. The average molecular weight is 491 g/mol. The van der Waals surface area contributed by atoms with E-state index in [2.05, 4.69) is 30.4 Å². The molecule has 0 aliphatic heterocycles. The summed E-state index contributed by atoms with van der Waals surface area (Å²) in [6.45, 7) is 4.26. The lowest BCUT2D eigenvalue weighted by molar-refractivity contribution is -0.143. The van der Waals surface area contributed by atoms with Gasteiger partial charge in [0.25, 0.3) is 5.91 Å². The summed E-state index contributed by atoms with van der Waals surface area (Å²) in [6.07, 6.45) is 9.61. The second-order valence-corrected chi connectivity index (χ2v) is 11.4. The second kappa shape index (κ2) is 9.91. The predicted octanol–water partition coefficient (Wildman–Crippen LogP) is 3.12. The van der Waals surface area contributed by atoms with Gasteiger partial charge in [-0.25, -0.2) is 4.79 Å². The van der Waals surface area contributed by atoms with E-state index in [1.165, 1.54) is 5.57 Å². The molecular weight excluding hydrogens is 452 g/mol. The molecule has 0 spiro atoms. The molecule has 0 saturated heterocycles. The number of allylic oxidation sites excluding steroid dienone is 2. The van der Waals surface area contributed by atoms with Crippen molar-refractivity contribution in [1.82, 2.24) is 5.32 Å². The third-order valence-electron chi connectivity index (χ3n) is 9.58. The number of carbonyl (C=O) groups excluding carboxylic acids is 1. The highest BCUT2D eigenvalue weighted by molar-refractivity contribution is 5.96. The van der Waals surface area contributed by atoms with Gasteiger partial charge in [0.05, 0.1) is 11.8 Å². The van der Waals surface area contributed by atoms with Crippen LogP contribution in [0.25, 0.3) is 0 Å². The zero-order valence-corrected chi connectivity index (χ0v) is 20.7. The Morgan fingerprint density at radius 1 is 1.11 bits per heavy atom. The highest BCUT2D eigenvalue weighted by Crippen LogP contribution is 2.65. The summed E-state index contributed by atoms with van der Waals surface area (Å²) in [5, 5.41) is 35.0. The molecule has 194 valence electrons. The van der Waals surface area contributed by atoms with Crippen LogP contribution in [0.3, 0.4) is 0 Å². The van der Waals surface area contributed by atoms with Crippen LogP contribution in [0.5, 0.6) is 0 Å². The number of amides is 1. The van der Waals surface area contributed by atoms with Gasteiger partial charge in [-0.2, -0.15) is 0 Å². The molecule has 0 radical (unpaired) electrons. The molecule has 4 aliphatic carbocycles. The van der Waals surface area contributed by atoms with Crippen LogP contribution in [0.1, 0.15) is 78.1 Å². The van der Waals surface area contributed by atoms with Gasteiger partial charge >= 0.3 is 11.9 Å². The number of nitrogens with one attached hydrogen (secondary N) is 1. The number of rotatable bonds is 8. The first-order valence-electron chi connectivity index (χ1n) is 12.9. The Morgan fingerprint density at radius 2 is 1.89 bits per heavy atom. The maximum absolute atomic E-state index is 12.1. The van der Waals surface area contributed by atoms with Crippen LogP contribution >= 0.6 is 0 Å². The van der Waals surface area contributed by atoms with E-state index in [-0.39, 0.29) is 29.8 Å². The normalized spacial score (nSPS) is 37.9. The number of hydrogen-bond donors (Lipinski definition) is 4. The molecular formula is C26H38N2O7. The third-order valence-corrected chi connectivity index (χ3v) is 9.58. The zero-order valence-electron chi connectivity index (χ0n) is 20.7. The standard InChI is InChI=1S/C26H38N2O7/c1-25-11-9-16(28-35-14-22(30)27-20(24(33)34)6-8-23(31)32)13-15(25)3-4-17-18-5-7-21(29)26(18,2)12-10-19(17)25/h13,17-21,29H,3-12,14H2,1-2H3,(H,27,30)(H,31,32)(H,33,34)/t17-,18+,19-,20-,21-,25+,26+/m1/s1. The highest BCUT2D eigenvalue weighted by Gasteiger charge is 2.58. The van der Waals surface area contributed by atoms with Gasteiger partial charge in [-0.1, -0.05) is 24.6 Å². The minimum atomic E-state index is -1.28. The summed E-state index contributed by atoms with van der Waals surface area (Å²) in [5.41, 5.74) is 2.40. The summed E-state index contributed by atoms with van der Waals surface area (Å²) < 4.78 is 0. The summed E-state index contributed by atoms with van der Waals surface area (Å²) in [4.78, 5) is 39.2. The largest absolute Gasteiger partial charge is 0.481 e. The highest BCUT2D eigenvalue weighted by atomic mass is 16.6. The van der Waals surface area contributed by atoms with Crippen LogP contribution in [0, 0.1) is 28.6 Å². The average Bonchev–Trinajstić information content (AvgIpc) is 3.11. The molecule has 9 nitrogen and oxygen atoms in total. The van der Waals surface area contributed by atoms with E-state index < -0.39 is 30.5 Å². The lowest BCUT2D eigenvalue weighted by Crippen LogP contribution is -2.51. The Bertz CT molecular complexity index is 931. The van der Waals surface area contributed by atoms with E-state index in [9.17, 15) is 19.5 Å². The van der Waals surface area contributed by atoms with Crippen molar-refractivity contribution in [1.29, 1.82) is 0 Å². The first kappa shape index (κ1) is 25.7. The minimum Gasteiger partial charge on any atom is -0.481 e. The van der Waals surface area contributed by atoms with Crippen molar-refractivity contribution >= 4 is 23.6 Å². The first-order valence-corrected chi connectivity index (χ1v) is 12.9. The van der Waals surface area contributed by atoms with Crippen molar-refractivity contribution in [3.8, 4) is 0 Å². The fourth-order valence-corrected chi connectivity index (χ4v) is 7.55. The number of oxime groups is 1. The van der Waals surface area contributed by atoms with Gasteiger partial charge in [0, 0.05) is 6.42 Å². The minimum absolute atomic E-state index is 0.0711. The summed E-state index contributed by atoms with van der Waals surface area (Å²) in [6, 6.07) is -1.28. The van der Waals surface area contributed by atoms with Crippen LogP contribution in [0.4, 0.5) is 0 Å². The number of aliphatic hydroxyl groups is 1. The van der Waals surface area contributed by atoms with E-state index in [1.54, 1.807) is 0 Å². The van der Waals surface area contributed by atoms with Gasteiger partial charge < -0.3 is 25.5 Å². The van der Waals surface area contributed by atoms with Crippen molar-refractivity contribution in [2.45, 2.75) is 90.2 Å². The van der Waals surface area contributed by atoms with E-state index >= 15 is 0 Å². The van der Waals surface area contributed by atoms with Crippen molar-refractivity contribution in [2.75, 3.05) is 6.61 Å². The molecule has 4 N–H and O–H groups in total. The number of fused-ring (bicyclic) bond motifs is 5. The number of carboxylic acid groups (broad SMARTS) is 2. The van der Waals surface area contributed by atoms with Crippen molar-refractivity contribution < 1.29 is 34.5 Å². The smallest absolute Gasteiger partial charge is 0.326 e. The molecule has 0 unspecified atom stereocenters. The number of aliphatic hydroxyl groups excluding tert-OH is 1. The molecule has 0 heterocycles. The summed E-state index contributed by atoms with van der Waals surface area (Å²) in [7, 11) is 0. The molecule has 1 amide bonds. The van der Waals surface area contributed by atoms with Crippen LogP contribution in [-0.2, 0) is 19.2 Å². The third kappa shape index (κ3) is 4.97. The zero-order chi connectivity index (χ0) is 25.4. The lowest BCUT2D eigenvalue weighted by atomic mass is 9.47. The maximum atomic E-state index is 12.1. The van der Waals surface area contributed by atoms with Gasteiger partial charge in [-0.15, -0.1) is 0 Å². The van der Waals surface area contributed by atoms with Gasteiger partial charge in [0.15, 0.2) is 6.61 Å². The van der Waals surface area contributed by atoms with E-state index in [4.69, 9.17) is 15.1 Å². The number of carbonyl (C=O) groups is 3. The number of hydrogen-bond acceptors (Lipinski definition) is 6. The van der Waals surface area contributed by atoms with E-state index in [0.29, 0.717) is 17.8 Å². The van der Waals surface area contributed by atoms with Crippen molar-refractivity contribution in [3.63, 3.8) is 0 Å². The fraction of sp³-hybridized carbons (Fsp3) is 0.769. The van der Waals surface area contributed by atoms with E-state index in [0.717, 1.165) is 57.1 Å². The Balaban J connectivity index is 1.35. The molecule has 0 aromatic heterocycles. The monoisotopic (exact) mass is 490 g/mol. The second-order valence-electron chi connectivity index (χ2n) is 11.4. The maximum Gasteiger partial charge on any atom is 0.326 e. The SMILES string of the molecule is C[C@]12CC[C@@H]3[C@H](CCC4=CC(=NOCC(=O)N[C@H](CCC(=O)O)C(=O)O)CC[C@@]43C)[C@@H]1CC[C@H]2O. The topological polar surface area (TPSA) is 146 Å². The fourth-order valence-electron chi connectivity index (χ4n) is 7.55. The molecule has 3 fully saturated rings. The molecule has 3 saturated carbocycles. The van der Waals surface area contributed by atoms with Gasteiger partial charge in [-0.05, 0) is 92.4 Å².